The Morgan fingerprint density at radius 2 is 2.07 bits per heavy atom. The van der Waals surface area contributed by atoms with Gasteiger partial charge in [0.2, 0.25) is 6.41 Å². The van der Waals surface area contributed by atoms with Crippen molar-refractivity contribution >= 4 is 24.1 Å². The van der Waals surface area contributed by atoms with E-state index in [-0.39, 0.29) is 18.5 Å². The van der Waals surface area contributed by atoms with Crippen LogP contribution in [0.4, 0.5) is 4.79 Å². The average molecular weight is 397 g/mol. The topological polar surface area (TPSA) is 84.9 Å². The summed E-state index contributed by atoms with van der Waals surface area (Å²) in [5, 5.41) is 16.6. The SMILES string of the molecule is CC(C)(C)C1(N(CCNC=O)C(=O)O)CNCCN1Cc1ccc(Cl)cc1. The van der Waals surface area contributed by atoms with Crippen LogP contribution in [0.15, 0.2) is 24.3 Å². The van der Waals surface area contributed by atoms with Crippen LogP contribution in [0.3, 0.4) is 0 Å². The van der Waals surface area contributed by atoms with Crippen LogP contribution in [0, 0.1) is 5.41 Å². The average Bonchev–Trinajstić information content (AvgIpc) is 2.60. The third-order valence-electron chi connectivity index (χ3n) is 5.18. The molecule has 2 amide bonds. The third-order valence-corrected chi connectivity index (χ3v) is 5.43. The summed E-state index contributed by atoms with van der Waals surface area (Å²) in [6.07, 6.45) is -0.406. The number of nitrogens with zero attached hydrogens (tertiary/aromatic N) is 2. The fraction of sp³-hybridized carbons (Fsp3) is 0.579. The van der Waals surface area contributed by atoms with Gasteiger partial charge >= 0.3 is 6.09 Å². The molecule has 1 aliphatic heterocycles. The minimum atomic E-state index is -0.998. The van der Waals surface area contributed by atoms with Crippen molar-refractivity contribution in [2.24, 2.45) is 5.41 Å². The molecule has 0 radical (unpaired) electrons. The van der Waals surface area contributed by atoms with Crippen LogP contribution >= 0.6 is 11.6 Å². The minimum Gasteiger partial charge on any atom is -0.465 e. The highest BCUT2D eigenvalue weighted by molar-refractivity contribution is 6.30. The normalized spacial score (nSPS) is 20.9. The number of rotatable bonds is 7. The molecule has 1 saturated heterocycles. The van der Waals surface area contributed by atoms with Crippen LogP contribution in [0.25, 0.3) is 0 Å². The lowest BCUT2D eigenvalue weighted by Gasteiger charge is -2.59. The summed E-state index contributed by atoms with van der Waals surface area (Å²) >= 11 is 6.00. The third kappa shape index (κ3) is 4.72. The van der Waals surface area contributed by atoms with E-state index >= 15 is 0 Å². The van der Waals surface area contributed by atoms with E-state index in [1.807, 2.05) is 24.3 Å². The number of nitrogens with one attached hydrogen (secondary N) is 2. The zero-order valence-electron chi connectivity index (χ0n) is 16.2. The van der Waals surface area contributed by atoms with Crippen LogP contribution in [0.2, 0.25) is 5.02 Å². The molecule has 0 spiro atoms. The van der Waals surface area contributed by atoms with E-state index in [0.29, 0.717) is 31.1 Å². The first kappa shape index (κ1) is 21.5. The second-order valence-corrected chi connectivity index (χ2v) is 8.23. The Morgan fingerprint density at radius 3 is 2.63 bits per heavy atom. The first-order valence-corrected chi connectivity index (χ1v) is 9.48. The molecule has 0 aliphatic carbocycles. The van der Waals surface area contributed by atoms with E-state index in [0.717, 1.165) is 12.1 Å². The second-order valence-electron chi connectivity index (χ2n) is 7.80. The number of carbonyl (C=O) groups excluding carboxylic acids is 1. The number of hydrogen-bond donors (Lipinski definition) is 3. The van der Waals surface area contributed by atoms with Gasteiger partial charge in [-0.25, -0.2) is 4.79 Å². The zero-order chi connectivity index (χ0) is 20.1. The van der Waals surface area contributed by atoms with Crippen LogP contribution in [0.5, 0.6) is 0 Å². The molecule has 1 aromatic rings. The van der Waals surface area contributed by atoms with E-state index in [2.05, 4.69) is 36.3 Å². The van der Waals surface area contributed by atoms with Crippen LogP contribution < -0.4 is 10.6 Å². The number of carbonyl (C=O) groups is 2. The van der Waals surface area contributed by atoms with E-state index in [4.69, 9.17) is 11.6 Å². The maximum atomic E-state index is 12.2. The highest BCUT2D eigenvalue weighted by Gasteiger charge is 2.54. The van der Waals surface area contributed by atoms with Gasteiger partial charge in [0, 0.05) is 49.7 Å². The summed E-state index contributed by atoms with van der Waals surface area (Å²) in [6.45, 7) is 9.26. The van der Waals surface area contributed by atoms with Crippen molar-refractivity contribution in [3.8, 4) is 0 Å². The monoisotopic (exact) mass is 396 g/mol. The summed E-state index contributed by atoms with van der Waals surface area (Å²) in [7, 11) is 0. The molecule has 1 aromatic carbocycles. The summed E-state index contributed by atoms with van der Waals surface area (Å²) in [4.78, 5) is 26.5. The number of carboxylic acid groups (broad SMARTS) is 1. The number of hydrogen-bond acceptors (Lipinski definition) is 4. The first-order chi connectivity index (χ1) is 12.7. The number of piperazine rings is 1. The van der Waals surface area contributed by atoms with Crippen LogP contribution in [-0.2, 0) is 11.3 Å². The minimum absolute atomic E-state index is 0.212. The Hall–Kier alpha value is -1.83. The predicted octanol–water partition coefficient (Wildman–Crippen LogP) is 2.21. The predicted molar refractivity (Wildman–Crippen MR) is 106 cm³/mol. The molecular formula is C19H29ClN4O3. The molecule has 150 valence electrons. The lowest BCUT2D eigenvalue weighted by Crippen LogP contribution is -2.75. The largest absolute Gasteiger partial charge is 0.465 e. The summed E-state index contributed by atoms with van der Waals surface area (Å²) in [5.74, 6) is 0. The van der Waals surface area contributed by atoms with Gasteiger partial charge in [-0.05, 0) is 17.7 Å². The molecule has 7 nitrogen and oxygen atoms in total. The Bertz CT molecular complexity index is 647. The Kier molecular flexibility index (Phi) is 7.08. The van der Waals surface area contributed by atoms with Crippen molar-refractivity contribution in [1.29, 1.82) is 0 Å². The lowest BCUT2D eigenvalue weighted by molar-refractivity contribution is -0.132. The molecule has 27 heavy (non-hydrogen) atoms. The summed E-state index contributed by atoms with van der Waals surface area (Å²) < 4.78 is 0. The van der Waals surface area contributed by atoms with Crippen molar-refractivity contribution in [2.75, 3.05) is 32.7 Å². The number of halogens is 1. The quantitative estimate of drug-likeness (QED) is 0.486. The molecular weight excluding hydrogens is 368 g/mol. The van der Waals surface area contributed by atoms with Gasteiger partial charge in [-0.1, -0.05) is 44.5 Å². The molecule has 0 bridgehead atoms. The highest BCUT2D eigenvalue weighted by atomic mass is 35.5. The number of amides is 2. The summed E-state index contributed by atoms with van der Waals surface area (Å²) in [5.41, 5.74) is -0.0560. The Labute approximate surface area is 165 Å². The molecule has 1 unspecified atom stereocenters. The van der Waals surface area contributed by atoms with E-state index < -0.39 is 11.8 Å². The molecule has 8 heteroatoms. The molecule has 1 atom stereocenters. The Balaban J connectivity index is 2.42. The number of benzene rings is 1. The smallest absolute Gasteiger partial charge is 0.408 e. The van der Waals surface area contributed by atoms with Gasteiger partial charge in [-0.2, -0.15) is 0 Å². The van der Waals surface area contributed by atoms with Gasteiger partial charge in [-0.3, -0.25) is 14.6 Å². The van der Waals surface area contributed by atoms with Crippen LogP contribution in [-0.4, -0.2) is 65.8 Å². The van der Waals surface area contributed by atoms with Crippen molar-refractivity contribution < 1.29 is 14.7 Å². The van der Waals surface area contributed by atoms with Gasteiger partial charge in [0.05, 0.1) is 0 Å². The van der Waals surface area contributed by atoms with Crippen molar-refractivity contribution in [3.63, 3.8) is 0 Å². The summed E-state index contributed by atoms with van der Waals surface area (Å²) in [6, 6.07) is 7.63. The van der Waals surface area contributed by atoms with Gasteiger partial charge in [0.15, 0.2) is 0 Å². The Morgan fingerprint density at radius 1 is 1.41 bits per heavy atom. The first-order valence-electron chi connectivity index (χ1n) is 9.10. The highest BCUT2D eigenvalue weighted by Crippen LogP contribution is 2.40. The standard InChI is InChI=1S/C19H29ClN4O3/c1-18(2,3)19(24(17(26)27)11-9-22-14-25)13-21-8-10-23(19)12-15-4-6-16(20)7-5-15/h4-7,14,21H,8-13H2,1-3H3,(H,22,25)(H,26,27). The maximum Gasteiger partial charge on any atom is 0.408 e. The van der Waals surface area contributed by atoms with Crippen molar-refractivity contribution in [1.82, 2.24) is 20.4 Å². The fourth-order valence-corrected chi connectivity index (χ4v) is 4.00. The molecule has 2 rings (SSSR count). The van der Waals surface area contributed by atoms with Gasteiger partial charge in [-0.15, -0.1) is 0 Å². The maximum absolute atomic E-state index is 12.2. The van der Waals surface area contributed by atoms with Crippen molar-refractivity contribution in [2.45, 2.75) is 33.0 Å². The molecule has 0 saturated carbocycles. The van der Waals surface area contributed by atoms with E-state index in [1.165, 1.54) is 4.90 Å². The molecule has 1 heterocycles. The van der Waals surface area contributed by atoms with Crippen molar-refractivity contribution in [3.05, 3.63) is 34.9 Å². The van der Waals surface area contributed by atoms with E-state index in [9.17, 15) is 14.7 Å². The zero-order valence-corrected chi connectivity index (χ0v) is 16.9. The molecule has 0 aromatic heterocycles. The second kappa shape index (κ2) is 8.91. The lowest BCUT2D eigenvalue weighted by atomic mass is 9.76. The molecule has 1 fully saturated rings. The van der Waals surface area contributed by atoms with Gasteiger partial charge < -0.3 is 15.7 Å². The van der Waals surface area contributed by atoms with Gasteiger partial charge in [0.1, 0.15) is 5.66 Å². The van der Waals surface area contributed by atoms with Gasteiger partial charge in [0.25, 0.3) is 0 Å². The fourth-order valence-electron chi connectivity index (χ4n) is 3.88. The van der Waals surface area contributed by atoms with E-state index in [1.54, 1.807) is 0 Å². The molecule has 3 N–H and O–H groups in total. The molecule has 1 aliphatic rings. The van der Waals surface area contributed by atoms with Crippen LogP contribution in [0.1, 0.15) is 26.3 Å².